The van der Waals surface area contributed by atoms with E-state index in [4.69, 9.17) is 4.74 Å². The first-order valence-corrected chi connectivity index (χ1v) is 6.79. The number of nitrogens with zero attached hydrogens (tertiary/aromatic N) is 1. The van der Waals surface area contributed by atoms with Gasteiger partial charge in [0.25, 0.3) is 0 Å². The van der Waals surface area contributed by atoms with Crippen molar-refractivity contribution in [2.75, 3.05) is 39.4 Å². The maximum atomic E-state index is 5.67. The molecule has 2 fully saturated rings. The van der Waals surface area contributed by atoms with Crippen LogP contribution in [0, 0.1) is 11.8 Å². The van der Waals surface area contributed by atoms with E-state index in [1.807, 2.05) is 0 Å². The number of rotatable bonds is 6. The van der Waals surface area contributed by atoms with Crippen LogP contribution in [0.1, 0.15) is 26.7 Å². The Bertz CT molecular complexity index is 196. The van der Waals surface area contributed by atoms with E-state index >= 15 is 0 Å². The minimum Gasteiger partial charge on any atom is -0.380 e. The number of likely N-dealkylation sites (tertiary alicyclic amines) is 1. The van der Waals surface area contributed by atoms with Gasteiger partial charge in [0, 0.05) is 32.3 Å². The summed E-state index contributed by atoms with van der Waals surface area (Å²) in [5, 5.41) is 3.58. The maximum Gasteiger partial charge on any atom is 0.0593 e. The van der Waals surface area contributed by atoms with Crippen LogP contribution in [0.2, 0.25) is 0 Å². The minimum absolute atomic E-state index is 0.760. The highest BCUT2D eigenvalue weighted by atomic mass is 16.5. The van der Waals surface area contributed by atoms with Crippen LogP contribution < -0.4 is 5.32 Å². The fourth-order valence-electron chi connectivity index (χ4n) is 2.74. The van der Waals surface area contributed by atoms with Gasteiger partial charge < -0.3 is 10.1 Å². The molecule has 0 radical (unpaired) electrons. The molecule has 0 bridgehead atoms. The molecule has 2 aliphatic rings. The average molecular weight is 226 g/mol. The Hall–Kier alpha value is -0.120. The first kappa shape index (κ1) is 12.3. The predicted octanol–water partition coefficient (Wildman–Crippen LogP) is 1.34. The fourth-order valence-corrected chi connectivity index (χ4v) is 2.74. The molecule has 2 heterocycles. The van der Waals surface area contributed by atoms with Crippen molar-refractivity contribution in [3.05, 3.63) is 0 Å². The molecule has 0 aromatic carbocycles. The summed E-state index contributed by atoms with van der Waals surface area (Å²) < 4.78 is 5.67. The van der Waals surface area contributed by atoms with Crippen molar-refractivity contribution in [2.24, 2.45) is 11.8 Å². The molecule has 2 aliphatic heterocycles. The third-order valence-corrected chi connectivity index (χ3v) is 3.83. The van der Waals surface area contributed by atoms with Gasteiger partial charge in [-0.25, -0.2) is 0 Å². The lowest BCUT2D eigenvalue weighted by Crippen LogP contribution is -2.31. The van der Waals surface area contributed by atoms with Gasteiger partial charge >= 0.3 is 0 Å². The normalized spacial score (nSPS) is 30.2. The van der Waals surface area contributed by atoms with Gasteiger partial charge in [-0.3, -0.25) is 4.90 Å². The van der Waals surface area contributed by atoms with Crippen molar-refractivity contribution in [3.8, 4) is 0 Å². The van der Waals surface area contributed by atoms with Crippen LogP contribution in [0.4, 0.5) is 0 Å². The molecule has 3 nitrogen and oxygen atoms in total. The summed E-state index contributed by atoms with van der Waals surface area (Å²) in [6.45, 7) is 11.2. The number of hydrogen-bond acceptors (Lipinski definition) is 3. The van der Waals surface area contributed by atoms with Gasteiger partial charge in [0.1, 0.15) is 0 Å². The fraction of sp³-hybridized carbons (Fsp3) is 1.00. The van der Waals surface area contributed by atoms with Crippen LogP contribution in [0.15, 0.2) is 0 Å². The highest BCUT2D eigenvalue weighted by Gasteiger charge is 2.35. The van der Waals surface area contributed by atoms with E-state index in [-0.39, 0.29) is 0 Å². The van der Waals surface area contributed by atoms with Crippen LogP contribution in [-0.2, 0) is 4.74 Å². The smallest absolute Gasteiger partial charge is 0.0593 e. The standard InChI is InChI=1S/C13H26N2O/c1-11(2)4-7-16-8-6-15-9-12-3-5-14-13(12)10-15/h11-14H,3-10H2,1-2H3/t12-,13+/m0/s1. The van der Waals surface area contributed by atoms with Crippen molar-refractivity contribution in [3.63, 3.8) is 0 Å². The van der Waals surface area contributed by atoms with Gasteiger partial charge in [-0.05, 0) is 31.2 Å². The van der Waals surface area contributed by atoms with E-state index in [9.17, 15) is 0 Å². The molecular weight excluding hydrogens is 200 g/mol. The van der Waals surface area contributed by atoms with Crippen molar-refractivity contribution in [1.82, 2.24) is 10.2 Å². The monoisotopic (exact) mass is 226 g/mol. The van der Waals surface area contributed by atoms with Crippen LogP contribution in [0.3, 0.4) is 0 Å². The van der Waals surface area contributed by atoms with Gasteiger partial charge in [0.05, 0.1) is 6.61 Å². The Balaban J connectivity index is 1.51. The molecule has 0 aromatic rings. The lowest BCUT2D eigenvalue weighted by molar-refractivity contribution is 0.101. The zero-order valence-electron chi connectivity index (χ0n) is 10.7. The Morgan fingerprint density at radius 1 is 1.31 bits per heavy atom. The lowest BCUT2D eigenvalue weighted by atomic mass is 10.1. The summed E-state index contributed by atoms with van der Waals surface area (Å²) in [5.41, 5.74) is 0. The van der Waals surface area contributed by atoms with E-state index in [0.717, 1.165) is 37.6 Å². The zero-order valence-corrected chi connectivity index (χ0v) is 10.7. The topological polar surface area (TPSA) is 24.5 Å². The van der Waals surface area contributed by atoms with Crippen molar-refractivity contribution < 1.29 is 4.74 Å². The Labute approximate surface area is 99.5 Å². The molecule has 2 atom stereocenters. The molecule has 0 unspecified atom stereocenters. The second-order valence-electron chi connectivity index (χ2n) is 5.66. The van der Waals surface area contributed by atoms with Crippen LogP contribution >= 0.6 is 0 Å². The van der Waals surface area contributed by atoms with Gasteiger partial charge in [-0.2, -0.15) is 0 Å². The summed E-state index contributed by atoms with van der Waals surface area (Å²) >= 11 is 0. The molecular formula is C13H26N2O. The SMILES string of the molecule is CC(C)CCOCCN1C[C@@H]2CCN[C@@H]2C1. The van der Waals surface area contributed by atoms with Crippen molar-refractivity contribution >= 4 is 0 Å². The first-order chi connectivity index (χ1) is 7.75. The van der Waals surface area contributed by atoms with Gasteiger partial charge in [0.15, 0.2) is 0 Å². The first-order valence-electron chi connectivity index (χ1n) is 6.79. The molecule has 1 N–H and O–H groups in total. The molecule has 2 rings (SSSR count). The van der Waals surface area contributed by atoms with E-state index in [2.05, 4.69) is 24.1 Å². The van der Waals surface area contributed by atoms with Gasteiger partial charge in [0.2, 0.25) is 0 Å². The molecule has 0 amide bonds. The van der Waals surface area contributed by atoms with Crippen LogP contribution in [-0.4, -0.2) is 50.3 Å². The molecule has 0 saturated carbocycles. The summed E-state index contributed by atoms with van der Waals surface area (Å²) in [7, 11) is 0. The predicted molar refractivity (Wildman–Crippen MR) is 66.6 cm³/mol. The molecule has 0 aliphatic carbocycles. The number of fused-ring (bicyclic) bond motifs is 1. The highest BCUT2D eigenvalue weighted by Crippen LogP contribution is 2.23. The largest absolute Gasteiger partial charge is 0.380 e. The summed E-state index contributed by atoms with van der Waals surface area (Å²) in [6.07, 6.45) is 2.56. The average Bonchev–Trinajstić information content (AvgIpc) is 2.76. The van der Waals surface area contributed by atoms with Gasteiger partial charge in [-0.15, -0.1) is 0 Å². The highest BCUT2D eigenvalue weighted by molar-refractivity contribution is 4.93. The van der Waals surface area contributed by atoms with E-state index < -0.39 is 0 Å². The maximum absolute atomic E-state index is 5.67. The van der Waals surface area contributed by atoms with E-state index in [1.54, 1.807) is 0 Å². The number of ether oxygens (including phenoxy) is 1. The Morgan fingerprint density at radius 3 is 2.94 bits per heavy atom. The summed E-state index contributed by atoms with van der Waals surface area (Å²) in [5.74, 6) is 1.67. The van der Waals surface area contributed by atoms with Crippen molar-refractivity contribution in [2.45, 2.75) is 32.7 Å². The van der Waals surface area contributed by atoms with E-state index in [0.29, 0.717) is 0 Å². The van der Waals surface area contributed by atoms with Crippen molar-refractivity contribution in [1.29, 1.82) is 0 Å². The van der Waals surface area contributed by atoms with Crippen LogP contribution in [0.25, 0.3) is 0 Å². The molecule has 2 saturated heterocycles. The lowest BCUT2D eigenvalue weighted by Gasteiger charge is -2.16. The molecule has 94 valence electrons. The second-order valence-corrected chi connectivity index (χ2v) is 5.66. The summed E-state index contributed by atoms with van der Waals surface area (Å²) in [4.78, 5) is 2.55. The Morgan fingerprint density at radius 2 is 2.19 bits per heavy atom. The Kier molecular flexibility index (Phi) is 4.62. The molecule has 0 spiro atoms. The second kappa shape index (κ2) is 5.99. The third-order valence-electron chi connectivity index (χ3n) is 3.83. The molecule has 16 heavy (non-hydrogen) atoms. The number of nitrogens with one attached hydrogen (secondary N) is 1. The third kappa shape index (κ3) is 3.44. The quantitative estimate of drug-likeness (QED) is 0.692. The molecule has 0 aromatic heterocycles. The van der Waals surface area contributed by atoms with Crippen LogP contribution in [0.5, 0.6) is 0 Å². The summed E-state index contributed by atoms with van der Waals surface area (Å²) in [6, 6.07) is 0.774. The van der Waals surface area contributed by atoms with E-state index in [1.165, 1.54) is 32.5 Å². The van der Waals surface area contributed by atoms with Gasteiger partial charge in [-0.1, -0.05) is 13.8 Å². The zero-order chi connectivity index (χ0) is 11.4. The number of hydrogen-bond donors (Lipinski definition) is 1. The minimum atomic E-state index is 0.760. The molecule has 3 heteroatoms.